The van der Waals surface area contributed by atoms with Gasteiger partial charge in [-0.05, 0) is 25.2 Å². The third-order valence-corrected chi connectivity index (χ3v) is 3.95. The fraction of sp³-hybridized carbons (Fsp3) is 0.833. The lowest BCUT2D eigenvalue weighted by Crippen LogP contribution is -2.57. The molecule has 1 saturated heterocycles. The predicted molar refractivity (Wildman–Crippen MR) is 64.1 cm³/mol. The summed E-state index contributed by atoms with van der Waals surface area (Å²) in [6, 6.07) is 0.0690. The highest BCUT2D eigenvalue weighted by Gasteiger charge is 2.47. The lowest BCUT2D eigenvalue weighted by atomic mass is 9.62. The number of amides is 2. The van der Waals surface area contributed by atoms with Gasteiger partial charge < -0.3 is 16.4 Å². The molecule has 0 radical (unpaired) electrons. The van der Waals surface area contributed by atoms with Gasteiger partial charge in [0, 0.05) is 25.6 Å². The number of hydrogen-bond donors (Lipinski definition) is 3. The average Bonchev–Trinajstić information content (AvgIpc) is 2.27. The van der Waals surface area contributed by atoms with Crippen molar-refractivity contribution in [3.05, 3.63) is 0 Å². The summed E-state index contributed by atoms with van der Waals surface area (Å²) in [7, 11) is 0. The Morgan fingerprint density at radius 3 is 2.76 bits per heavy atom. The molecule has 2 aliphatic rings. The van der Waals surface area contributed by atoms with Crippen LogP contribution in [-0.2, 0) is 9.59 Å². The van der Waals surface area contributed by atoms with Crippen molar-refractivity contribution in [3.8, 4) is 0 Å². The normalized spacial score (nSPS) is 36.9. The van der Waals surface area contributed by atoms with Crippen molar-refractivity contribution in [3.63, 3.8) is 0 Å². The third kappa shape index (κ3) is 2.44. The molecule has 1 heterocycles. The predicted octanol–water partition coefficient (Wildman–Crippen LogP) is -0.244. The Morgan fingerprint density at radius 1 is 1.59 bits per heavy atom. The van der Waals surface area contributed by atoms with Crippen LogP contribution in [0.2, 0.25) is 0 Å². The molecular weight excluding hydrogens is 218 g/mol. The first kappa shape index (κ1) is 12.4. The number of carbonyl (C=O) groups is 2. The van der Waals surface area contributed by atoms with Gasteiger partial charge in [-0.15, -0.1) is 0 Å². The van der Waals surface area contributed by atoms with Gasteiger partial charge in [-0.1, -0.05) is 6.92 Å². The lowest BCUT2D eigenvalue weighted by Gasteiger charge is -2.45. The maximum atomic E-state index is 12.2. The maximum Gasteiger partial charge on any atom is 0.227 e. The quantitative estimate of drug-likeness (QED) is 0.635. The van der Waals surface area contributed by atoms with Crippen molar-refractivity contribution < 1.29 is 9.59 Å². The Morgan fingerprint density at radius 2 is 2.29 bits per heavy atom. The van der Waals surface area contributed by atoms with E-state index in [4.69, 9.17) is 5.73 Å². The fourth-order valence-corrected chi connectivity index (χ4v) is 2.91. The Balaban J connectivity index is 1.86. The average molecular weight is 239 g/mol. The highest BCUT2D eigenvalue weighted by molar-refractivity contribution is 5.84. The van der Waals surface area contributed by atoms with Gasteiger partial charge in [-0.3, -0.25) is 9.59 Å². The number of piperidine rings is 1. The molecule has 0 aromatic heterocycles. The summed E-state index contributed by atoms with van der Waals surface area (Å²) in [5.74, 6) is 0.732. The largest absolute Gasteiger partial charge is 0.354 e. The van der Waals surface area contributed by atoms with Gasteiger partial charge in [0.25, 0.3) is 0 Å². The molecule has 2 amide bonds. The van der Waals surface area contributed by atoms with Crippen LogP contribution in [0.25, 0.3) is 0 Å². The van der Waals surface area contributed by atoms with Crippen LogP contribution < -0.4 is 16.4 Å². The van der Waals surface area contributed by atoms with E-state index in [2.05, 4.69) is 17.6 Å². The molecule has 1 atom stereocenters. The molecule has 1 aliphatic heterocycles. The molecule has 5 heteroatoms. The van der Waals surface area contributed by atoms with E-state index in [1.165, 1.54) is 0 Å². The van der Waals surface area contributed by atoms with E-state index in [1.807, 2.05) is 0 Å². The van der Waals surface area contributed by atoms with Crippen molar-refractivity contribution in [2.24, 2.45) is 17.1 Å². The van der Waals surface area contributed by atoms with E-state index in [1.54, 1.807) is 0 Å². The standard InChI is InChI=1S/C12H21N3O2/c1-8-4-12(5-8,7-13)11(17)15-9-2-3-10(16)14-6-9/h8-9H,2-7,13H2,1H3,(H,14,16)(H,15,17). The topological polar surface area (TPSA) is 84.2 Å². The molecule has 1 saturated carbocycles. The SMILES string of the molecule is CC1CC(CN)(C(=O)NC2CCC(=O)NC2)C1. The molecule has 17 heavy (non-hydrogen) atoms. The van der Waals surface area contributed by atoms with Crippen LogP contribution >= 0.6 is 0 Å². The highest BCUT2D eigenvalue weighted by atomic mass is 16.2. The zero-order valence-electron chi connectivity index (χ0n) is 10.3. The Hall–Kier alpha value is -1.10. The molecule has 0 aromatic carbocycles. The van der Waals surface area contributed by atoms with Crippen LogP contribution in [0.3, 0.4) is 0 Å². The molecule has 96 valence electrons. The maximum absolute atomic E-state index is 12.2. The Kier molecular flexibility index (Phi) is 3.38. The van der Waals surface area contributed by atoms with Crippen molar-refractivity contribution >= 4 is 11.8 Å². The van der Waals surface area contributed by atoms with E-state index < -0.39 is 0 Å². The van der Waals surface area contributed by atoms with Crippen molar-refractivity contribution in [1.29, 1.82) is 0 Å². The minimum Gasteiger partial charge on any atom is -0.354 e. The summed E-state index contributed by atoms with van der Waals surface area (Å²) < 4.78 is 0. The smallest absolute Gasteiger partial charge is 0.227 e. The number of nitrogens with one attached hydrogen (secondary N) is 2. The van der Waals surface area contributed by atoms with Crippen molar-refractivity contribution in [2.75, 3.05) is 13.1 Å². The van der Waals surface area contributed by atoms with Gasteiger partial charge in [0.15, 0.2) is 0 Å². The second-order valence-electron chi connectivity index (χ2n) is 5.51. The molecule has 5 nitrogen and oxygen atoms in total. The third-order valence-electron chi connectivity index (χ3n) is 3.95. The van der Waals surface area contributed by atoms with E-state index >= 15 is 0 Å². The zero-order valence-corrected chi connectivity index (χ0v) is 10.3. The molecule has 1 aliphatic carbocycles. The molecule has 2 fully saturated rings. The van der Waals surface area contributed by atoms with Gasteiger partial charge in [-0.25, -0.2) is 0 Å². The molecular formula is C12H21N3O2. The molecule has 4 N–H and O–H groups in total. The van der Waals surface area contributed by atoms with Crippen molar-refractivity contribution in [2.45, 2.75) is 38.6 Å². The summed E-state index contributed by atoms with van der Waals surface area (Å²) in [6.45, 7) is 3.10. The van der Waals surface area contributed by atoms with E-state index in [0.29, 0.717) is 25.4 Å². The monoisotopic (exact) mass is 239 g/mol. The highest BCUT2D eigenvalue weighted by Crippen LogP contribution is 2.44. The number of hydrogen-bond acceptors (Lipinski definition) is 3. The first-order chi connectivity index (χ1) is 8.05. The van der Waals surface area contributed by atoms with Gasteiger partial charge >= 0.3 is 0 Å². The summed E-state index contributed by atoms with van der Waals surface area (Å²) >= 11 is 0. The van der Waals surface area contributed by atoms with Crippen LogP contribution in [-0.4, -0.2) is 30.9 Å². The van der Waals surface area contributed by atoms with Crippen LogP contribution in [0.4, 0.5) is 0 Å². The van der Waals surface area contributed by atoms with Crippen LogP contribution in [0.15, 0.2) is 0 Å². The second kappa shape index (κ2) is 4.64. The Bertz CT molecular complexity index is 314. The number of rotatable bonds is 3. The van der Waals surface area contributed by atoms with Gasteiger partial charge in [0.05, 0.1) is 5.41 Å². The number of carbonyl (C=O) groups excluding carboxylic acids is 2. The second-order valence-corrected chi connectivity index (χ2v) is 5.51. The number of nitrogens with two attached hydrogens (primary N) is 1. The van der Waals surface area contributed by atoms with Crippen molar-refractivity contribution in [1.82, 2.24) is 10.6 Å². The lowest BCUT2D eigenvalue weighted by molar-refractivity contribution is -0.139. The summed E-state index contributed by atoms with van der Waals surface area (Å²) in [4.78, 5) is 23.2. The molecule has 0 aromatic rings. The zero-order chi connectivity index (χ0) is 12.5. The minimum absolute atomic E-state index is 0.0687. The van der Waals surface area contributed by atoms with E-state index in [0.717, 1.165) is 19.3 Å². The molecule has 0 bridgehead atoms. The molecule has 1 unspecified atom stereocenters. The first-order valence-electron chi connectivity index (χ1n) is 6.33. The van der Waals surface area contributed by atoms with Gasteiger partial charge in [-0.2, -0.15) is 0 Å². The van der Waals surface area contributed by atoms with Gasteiger partial charge in [0.2, 0.25) is 11.8 Å². The van der Waals surface area contributed by atoms with Crippen LogP contribution in [0.5, 0.6) is 0 Å². The summed E-state index contributed by atoms with van der Waals surface area (Å²) in [5, 5.41) is 5.79. The van der Waals surface area contributed by atoms with Crippen LogP contribution in [0, 0.1) is 11.3 Å². The molecule has 0 spiro atoms. The van der Waals surface area contributed by atoms with Gasteiger partial charge in [0.1, 0.15) is 0 Å². The summed E-state index contributed by atoms with van der Waals surface area (Å²) in [6.07, 6.45) is 2.99. The minimum atomic E-state index is -0.346. The fourth-order valence-electron chi connectivity index (χ4n) is 2.91. The van der Waals surface area contributed by atoms with Crippen LogP contribution in [0.1, 0.15) is 32.6 Å². The van der Waals surface area contributed by atoms with E-state index in [9.17, 15) is 9.59 Å². The summed E-state index contributed by atoms with van der Waals surface area (Å²) in [5.41, 5.74) is 5.38. The van der Waals surface area contributed by atoms with E-state index in [-0.39, 0.29) is 23.3 Å². The first-order valence-corrected chi connectivity index (χ1v) is 6.33. The molecule has 2 rings (SSSR count). The Labute approximate surface area is 102 Å².